The zero-order chi connectivity index (χ0) is 20.3. The van der Waals surface area contributed by atoms with Gasteiger partial charge in [0.25, 0.3) is 5.91 Å². The number of halogens is 3. The van der Waals surface area contributed by atoms with E-state index in [1.54, 1.807) is 30.3 Å². The number of aromatic hydroxyl groups is 1. The fourth-order valence-corrected chi connectivity index (χ4v) is 2.71. The lowest BCUT2D eigenvalue weighted by atomic mass is 10.0. The number of hydrogen-bond acceptors (Lipinski definition) is 3. The zero-order valence-corrected chi connectivity index (χ0v) is 14.7. The molecule has 2 N–H and O–H groups in total. The Labute approximate surface area is 159 Å². The molecule has 0 fully saturated rings. The fraction of sp³-hybridized carbons (Fsp3) is 0.0952. The zero-order valence-electron chi connectivity index (χ0n) is 14.7. The number of ether oxygens (including phenoxy) is 1. The molecule has 3 aromatic rings. The molecule has 0 bridgehead atoms. The minimum Gasteiger partial charge on any atom is -0.507 e. The highest BCUT2D eigenvalue weighted by atomic mass is 19.4. The van der Waals surface area contributed by atoms with Gasteiger partial charge >= 0.3 is 6.18 Å². The highest BCUT2D eigenvalue weighted by Gasteiger charge is 2.30. The molecule has 0 saturated carbocycles. The number of benzene rings is 3. The number of alkyl halides is 3. The first-order chi connectivity index (χ1) is 13.3. The van der Waals surface area contributed by atoms with Crippen LogP contribution < -0.4 is 10.1 Å². The highest BCUT2D eigenvalue weighted by Crippen LogP contribution is 2.36. The molecule has 1 amide bonds. The van der Waals surface area contributed by atoms with Crippen molar-refractivity contribution in [2.75, 3.05) is 12.4 Å². The summed E-state index contributed by atoms with van der Waals surface area (Å²) in [6.45, 7) is 0. The number of carbonyl (C=O) groups is 1. The summed E-state index contributed by atoms with van der Waals surface area (Å²) in [6.07, 6.45) is -4.44. The van der Waals surface area contributed by atoms with Gasteiger partial charge in [-0.3, -0.25) is 4.79 Å². The monoisotopic (exact) mass is 387 g/mol. The lowest BCUT2D eigenvalue weighted by Crippen LogP contribution is -2.12. The quantitative estimate of drug-likeness (QED) is 0.635. The molecule has 4 nitrogen and oxygen atoms in total. The van der Waals surface area contributed by atoms with E-state index in [1.807, 2.05) is 0 Å². The van der Waals surface area contributed by atoms with Crippen LogP contribution in [0.15, 0.2) is 66.7 Å². The molecular weight excluding hydrogens is 371 g/mol. The van der Waals surface area contributed by atoms with Crippen molar-refractivity contribution >= 4 is 11.6 Å². The number of methoxy groups -OCH3 is 1. The molecule has 3 rings (SSSR count). The first-order valence-corrected chi connectivity index (χ1v) is 8.24. The Hall–Kier alpha value is -3.48. The van der Waals surface area contributed by atoms with Gasteiger partial charge in [0.2, 0.25) is 0 Å². The van der Waals surface area contributed by atoms with Gasteiger partial charge in [-0.2, -0.15) is 13.2 Å². The summed E-state index contributed by atoms with van der Waals surface area (Å²) in [5.74, 6) is -0.00670. The summed E-state index contributed by atoms with van der Waals surface area (Å²) in [4.78, 5) is 12.5. The van der Waals surface area contributed by atoms with E-state index < -0.39 is 17.6 Å². The number of carbonyl (C=O) groups excluding carboxylic acids is 1. The fourth-order valence-electron chi connectivity index (χ4n) is 2.71. The second-order valence-electron chi connectivity index (χ2n) is 5.96. The van der Waals surface area contributed by atoms with E-state index in [2.05, 4.69) is 5.32 Å². The van der Waals surface area contributed by atoms with Crippen molar-refractivity contribution in [1.29, 1.82) is 0 Å². The number of nitrogens with one attached hydrogen (secondary N) is 1. The topological polar surface area (TPSA) is 58.6 Å². The SMILES string of the molecule is COc1ccc(C(=O)Nc2ccc(C(F)(F)F)cc2)cc1-c1ccccc1O. The molecule has 0 spiro atoms. The van der Waals surface area contributed by atoms with E-state index in [0.29, 0.717) is 16.9 Å². The van der Waals surface area contributed by atoms with Gasteiger partial charge in [0.1, 0.15) is 11.5 Å². The van der Waals surface area contributed by atoms with Crippen LogP contribution in [0.3, 0.4) is 0 Å². The lowest BCUT2D eigenvalue weighted by Gasteiger charge is -2.13. The lowest BCUT2D eigenvalue weighted by molar-refractivity contribution is -0.137. The van der Waals surface area contributed by atoms with E-state index in [0.717, 1.165) is 12.1 Å². The molecule has 7 heteroatoms. The van der Waals surface area contributed by atoms with Crippen molar-refractivity contribution in [3.05, 3.63) is 77.9 Å². The van der Waals surface area contributed by atoms with Crippen molar-refractivity contribution in [2.24, 2.45) is 0 Å². The predicted molar refractivity (Wildman–Crippen MR) is 99.5 cm³/mol. The summed E-state index contributed by atoms with van der Waals surface area (Å²) >= 11 is 0. The third kappa shape index (κ3) is 4.09. The molecule has 0 saturated heterocycles. The number of anilines is 1. The molecule has 0 aliphatic rings. The van der Waals surface area contributed by atoms with Gasteiger partial charge in [0, 0.05) is 22.4 Å². The first kappa shape index (κ1) is 19.3. The van der Waals surface area contributed by atoms with Gasteiger partial charge in [-0.05, 0) is 48.5 Å². The molecular formula is C21H16F3NO3. The Morgan fingerprint density at radius 3 is 2.25 bits per heavy atom. The van der Waals surface area contributed by atoms with Crippen molar-refractivity contribution < 1.29 is 27.8 Å². The van der Waals surface area contributed by atoms with Crippen LogP contribution in [0.2, 0.25) is 0 Å². The Bertz CT molecular complexity index is 999. The van der Waals surface area contributed by atoms with Gasteiger partial charge in [-0.1, -0.05) is 18.2 Å². The third-order valence-corrected chi connectivity index (χ3v) is 4.13. The first-order valence-electron chi connectivity index (χ1n) is 8.24. The Balaban J connectivity index is 1.88. The van der Waals surface area contributed by atoms with Crippen molar-refractivity contribution in [2.45, 2.75) is 6.18 Å². The van der Waals surface area contributed by atoms with E-state index in [1.165, 1.54) is 31.4 Å². The predicted octanol–water partition coefficient (Wildman–Crippen LogP) is 5.34. The molecule has 0 aliphatic heterocycles. The van der Waals surface area contributed by atoms with Crippen molar-refractivity contribution in [3.8, 4) is 22.6 Å². The second kappa shape index (κ2) is 7.64. The third-order valence-electron chi connectivity index (χ3n) is 4.13. The largest absolute Gasteiger partial charge is 0.507 e. The molecule has 0 radical (unpaired) electrons. The normalized spacial score (nSPS) is 11.1. The summed E-state index contributed by atoms with van der Waals surface area (Å²) in [7, 11) is 1.47. The molecule has 144 valence electrons. The van der Waals surface area contributed by atoms with Crippen LogP contribution in [0, 0.1) is 0 Å². The van der Waals surface area contributed by atoms with Crippen molar-refractivity contribution in [3.63, 3.8) is 0 Å². The maximum absolute atomic E-state index is 12.6. The van der Waals surface area contributed by atoms with E-state index in [4.69, 9.17) is 4.74 Å². The minimum absolute atomic E-state index is 0.0288. The molecule has 0 unspecified atom stereocenters. The van der Waals surface area contributed by atoms with Gasteiger partial charge in [0.05, 0.1) is 12.7 Å². The van der Waals surface area contributed by atoms with Gasteiger partial charge in [-0.25, -0.2) is 0 Å². The molecule has 0 atom stereocenters. The Kier molecular flexibility index (Phi) is 5.26. The number of para-hydroxylation sites is 1. The molecule has 0 heterocycles. The smallest absolute Gasteiger partial charge is 0.416 e. The minimum atomic E-state index is -4.44. The van der Waals surface area contributed by atoms with Crippen LogP contribution in [-0.4, -0.2) is 18.1 Å². The number of phenolic OH excluding ortho intramolecular Hbond substituents is 1. The maximum atomic E-state index is 12.6. The summed E-state index contributed by atoms with van der Waals surface area (Å²) in [5.41, 5.74) is 0.706. The van der Waals surface area contributed by atoms with Crippen LogP contribution in [0.25, 0.3) is 11.1 Å². The number of hydrogen-bond donors (Lipinski definition) is 2. The highest BCUT2D eigenvalue weighted by molar-refractivity contribution is 6.05. The Morgan fingerprint density at radius 2 is 1.64 bits per heavy atom. The summed E-state index contributed by atoms with van der Waals surface area (Å²) < 4.78 is 43.2. The van der Waals surface area contributed by atoms with E-state index in [-0.39, 0.29) is 17.0 Å². The van der Waals surface area contributed by atoms with Crippen LogP contribution in [0.5, 0.6) is 11.5 Å². The maximum Gasteiger partial charge on any atom is 0.416 e. The van der Waals surface area contributed by atoms with Gasteiger partial charge in [-0.15, -0.1) is 0 Å². The molecule has 0 aliphatic carbocycles. The average Bonchev–Trinajstić information content (AvgIpc) is 2.67. The Morgan fingerprint density at radius 1 is 0.964 bits per heavy atom. The number of amides is 1. The molecule has 3 aromatic carbocycles. The van der Waals surface area contributed by atoms with E-state index >= 15 is 0 Å². The average molecular weight is 387 g/mol. The number of phenols is 1. The van der Waals surface area contributed by atoms with Crippen molar-refractivity contribution in [1.82, 2.24) is 0 Å². The number of rotatable bonds is 4. The molecule has 28 heavy (non-hydrogen) atoms. The summed E-state index contributed by atoms with van der Waals surface area (Å²) in [6, 6.07) is 15.5. The second-order valence-corrected chi connectivity index (χ2v) is 5.96. The van der Waals surface area contributed by atoms with Crippen LogP contribution in [0.1, 0.15) is 15.9 Å². The van der Waals surface area contributed by atoms with E-state index in [9.17, 15) is 23.1 Å². The van der Waals surface area contributed by atoms with Crippen LogP contribution >= 0.6 is 0 Å². The van der Waals surface area contributed by atoms with Gasteiger partial charge < -0.3 is 15.2 Å². The standard InChI is InChI=1S/C21H16F3NO3/c1-28-19-11-6-13(12-17(19)16-4-2-3-5-18(16)26)20(27)25-15-9-7-14(8-10-15)21(22,23)24/h2-12,26H,1H3,(H,25,27). The molecule has 0 aromatic heterocycles. The van der Waals surface area contributed by atoms with Crippen LogP contribution in [-0.2, 0) is 6.18 Å². The van der Waals surface area contributed by atoms with Gasteiger partial charge in [0.15, 0.2) is 0 Å². The summed E-state index contributed by atoms with van der Waals surface area (Å²) in [5, 5.41) is 12.7. The van der Waals surface area contributed by atoms with Crippen LogP contribution in [0.4, 0.5) is 18.9 Å².